The Kier molecular flexibility index (Phi) is 2.66. The average molecular weight is 246 g/mol. The standard InChI is InChI=1S/C13H14N2O3/c16-13(17)15-8-4-3-6-10(15)12-9-5-1-2-7-11(9)18-14-12/h1-2,5,7,10H,3-4,6,8H2,(H,16,17). The van der Waals surface area contributed by atoms with E-state index in [-0.39, 0.29) is 6.04 Å². The molecule has 1 aromatic heterocycles. The summed E-state index contributed by atoms with van der Waals surface area (Å²) in [5.41, 5.74) is 1.45. The van der Waals surface area contributed by atoms with Gasteiger partial charge in [-0.05, 0) is 31.4 Å². The fraction of sp³-hybridized carbons (Fsp3) is 0.385. The van der Waals surface area contributed by atoms with Crippen molar-refractivity contribution in [2.75, 3.05) is 6.54 Å². The second-order valence-electron chi connectivity index (χ2n) is 4.55. The van der Waals surface area contributed by atoms with Crippen molar-refractivity contribution >= 4 is 17.1 Å². The van der Waals surface area contributed by atoms with Gasteiger partial charge in [0.25, 0.3) is 0 Å². The molecule has 18 heavy (non-hydrogen) atoms. The molecule has 94 valence electrons. The highest BCUT2D eigenvalue weighted by Gasteiger charge is 2.31. The number of rotatable bonds is 1. The van der Waals surface area contributed by atoms with Gasteiger partial charge in [-0.2, -0.15) is 0 Å². The quantitative estimate of drug-likeness (QED) is 0.839. The lowest BCUT2D eigenvalue weighted by Crippen LogP contribution is -2.37. The molecule has 0 spiro atoms. The van der Waals surface area contributed by atoms with Gasteiger partial charge in [-0.25, -0.2) is 4.79 Å². The molecule has 1 fully saturated rings. The van der Waals surface area contributed by atoms with Gasteiger partial charge in [0, 0.05) is 11.9 Å². The molecular weight excluding hydrogens is 232 g/mol. The largest absolute Gasteiger partial charge is 0.465 e. The first-order valence-corrected chi connectivity index (χ1v) is 6.11. The summed E-state index contributed by atoms with van der Waals surface area (Å²) in [5.74, 6) is 0. The van der Waals surface area contributed by atoms with Gasteiger partial charge in [-0.15, -0.1) is 0 Å². The van der Waals surface area contributed by atoms with E-state index < -0.39 is 6.09 Å². The fourth-order valence-electron chi connectivity index (χ4n) is 2.59. The zero-order valence-corrected chi connectivity index (χ0v) is 9.87. The average Bonchev–Trinajstić information content (AvgIpc) is 2.82. The second-order valence-corrected chi connectivity index (χ2v) is 4.55. The van der Waals surface area contributed by atoms with Crippen LogP contribution >= 0.6 is 0 Å². The van der Waals surface area contributed by atoms with E-state index in [1.54, 1.807) is 0 Å². The molecule has 1 aromatic carbocycles. The van der Waals surface area contributed by atoms with Crippen LogP contribution in [-0.4, -0.2) is 27.8 Å². The van der Waals surface area contributed by atoms with E-state index in [9.17, 15) is 9.90 Å². The van der Waals surface area contributed by atoms with Gasteiger partial charge >= 0.3 is 6.09 Å². The van der Waals surface area contributed by atoms with E-state index in [2.05, 4.69) is 5.16 Å². The molecule has 1 N–H and O–H groups in total. The van der Waals surface area contributed by atoms with Crippen molar-refractivity contribution in [1.82, 2.24) is 10.1 Å². The van der Waals surface area contributed by atoms with Gasteiger partial charge in [0.15, 0.2) is 5.58 Å². The van der Waals surface area contributed by atoms with Crippen LogP contribution in [0, 0.1) is 0 Å². The molecule has 1 amide bonds. The molecule has 1 atom stereocenters. The van der Waals surface area contributed by atoms with Crippen LogP contribution in [0.4, 0.5) is 4.79 Å². The molecule has 1 saturated heterocycles. The van der Waals surface area contributed by atoms with Crippen molar-refractivity contribution in [3.63, 3.8) is 0 Å². The Morgan fingerprint density at radius 3 is 3.06 bits per heavy atom. The minimum Gasteiger partial charge on any atom is -0.465 e. The number of nitrogens with zero attached hydrogens (tertiary/aromatic N) is 2. The number of para-hydroxylation sites is 1. The van der Waals surface area contributed by atoms with Gasteiger partial charge in [0.05, 0.1) is 6.04 Å². The Labute approximate surface area is 104 Å². The lowest BCUT2D eigenvalue weighted by Gasteiger charge is -2.32. The highest BCUT2D eigenvalue weighted by molar-refractivity contribution is 5.80. The predicted molar refractivity (Wildman–Crippen MR) is 65.3 cm³/mol. The van der Waals surface area contributed by atoms with Crippen LogP contribution in [-0.2, 0) is 0 Å². The van der Waals surface area contributed by atoms with Gasteiger partial charge in [-0.3, -0.25) is 4.90 Å². The number of hydrogen-bond acceptors (Lipinski definition) is 3. The summed E-state index contributed by atoms with van der Waals surface area (Å²) in [4.78, 5) is 12.7. The SMILES string of the molecule is O=C(O)N1CCCCC1c1noc2ccccc12. The normalized spacial score (nSPS) is 20.2. The minimum absolute atomic E-state index is 0.181. The van der Waals surface area contributed by atoms with Crippen molar-refractivity contribution in [3.05, 3.63) is 30.0 Å². The van der Waals surface area contributed by atoms with Crippen LogP contribution in [0.5, 0.6) is 0 Å². The molecule has 0 radical (unpaired) electrons. The van der Waals surface area contributed by atoms with Crippen LogP contribution in [0.1, 0.15) is 31.0 Å². The van der Waals surface area contributed by atoms with Gasteiger partial charge in [0.2, 0.25) is 0 Å². The number of benzene rings is 1. The Morgan fingerprint density at radius 2 is 2.22 bits per heavy atom. The van der Waals surface area contributed by atoms with Crippen molar-refractivity contribution < 1.29 is 14.4 Å². The summed E-state index contributed by atoms with van der Waals surface area (Å²) < 4.78 is 5.26. The molecule has 5 nitrogen and oxygen atoms in total. The monoisotopic (exact) mass is 246 g/mol. The maximum atomic E-state index is 11.3. The predicted octanol–water partition coefficient (Wildman–Crippen LogP) is 3.03. The number of carboxylic acid groups (broad SMARTS) is 1. The molecule has 2 heterocycles. The van der Waals surface area contributed by atoms with Crippen molar-refractivity contribution in [2.45, 2.75) is 25.3 Å². The third kappa shape index (κ3) is 1.72. The number of carbonyl (C=O) groups is 1. The number of aromatic nitrogens is 1. The van der Waals surface area contributed by atoms with Gasteiger partial charge in [-0.1, -0.05) is 17.3 Å². The van der Waals surface area contributed by atoms with Crippen LogP contribution < -0.4 is 0 Å². The van der Waals surface area contributed by atoms with E-state index in [4.69, 9.17) is 4.52 Å². The molecule has 5 heteroatoms. The van der Waals surface area contributed by atoms with Crippen molar-refractivity contribution in [3.8, 4) is 0 Å². The van der Waals surface area contributed by atoms with Gasteiger partial charge < -0.3 is 9.63 Å². The third-order valence-electron chi connectivity index (χ3n) is 3.47. The highest BCUT2D eigenvalue weighted by Crippen LogP contribution is 2.34. The first-order valence-electron chi connectivity index (χ1n) is 6.11. The van der Waals surface area contributed by atoms with Crippen LogP contribution in [0.25, 0.3) is 11.0 Å². The molecule has 1 unspecified atom stereocenters. The smallest absolute Gasteiger partial charge is 0.407 e. The van der Waals surface area contributed by atoms with E-state index in [1.807, 2.05) is 24.3 Å². The molecule has 0 aliphatic carbocycles. The molecule has 1 aliphatic rings. The fourth-order valence-corrected chi connectivity index (χ4v) is 2.59. The second kappa shape index (κ2) is 4.33. The summed E-state index contributed by atoms with van der Waals surface area (Å²) in [5, 5.41) is 14.2. The van der Waals surface area contributed by atoms with Crippen molar-refractivity contribution in [2.24, 2.45) is 0 Å². The number of fused-ring (bicyclic) bond motifs is 1. The molecule has 2 aromatic rings. The lowest BCUT2D eigenvalue weighted by atomic mass is 9.98. The first kappa shape index (κ1) is 11.1. The number of likely N-dealkylation sites (tertiary alicyclic amines) is 1. The first-order chi connectivity index (χ1) is 8.77. The number of hydrogen-bond donors (Lipinski definition) is 1. The van der Waals surface area contributed by atoms with Crippen LogP contribution in [0.2, 0.25) is 0 Å². The van der Waals surface area contributed by atoms with E-state index >= 15 is 0 Å². The minimum atomic E-state index is -0.883. The Hall–Kier alpha value is -2.04. The summed E-state index contributed by atoms with van der Waals surface area (Å²) >= 11 is 0. The summed E-state index contributed by atoms with van der Waals surface area (Å²) in [7, 11) is 0. The zero-order valence-electron chi connectivity index (χ0n) is 9.87. The van der Waals surface area contributed by atoms with Crippen LogP contribution in [0.15, 0.2) is 28.8 Å². The molecule has 0 saturated carbocycles. The topological polar surface area (TPSA) is 66.6 Å². The van der Waals surface area contributed by atoms with Crippen LogP contribution in [0.3, 0.4) is 0 Å². The molecular formula is C13H14N2O3. The Balaban J connectivity index is 2.04. The van der Waals surface area contributed by atoms with Gasteiger partial charge in [0.1, 0.15) is 5.69 Å². The number of piperidine rings is 1. The summed E-state index contributed by atoms with van der Waals surface area (Å²) in [6.45, 7) is 0.571. The third-order valence-corrected chi connectivity index (χ3v) is 3.47. The maximum absolute atomic E-state index is 11.3. The molecule has 0 bridgehead atoms. The number of amides is 1. The van der Waals surface area contributed by atoms with E-state index in [0.717, 1.165) is 30.3 Å². The van der Waals surface area contributed by atoms with Crippen molar-refractivity contribution in [1.29, 1.82) is 0 Å². The summed E-state index contributed by atoms with van der Waals surface area (Å²) in [6.07, 6.45) is 1.86. The molecule has 3 rings (SSSR count). The Morgan fingerprint density at radius 1 is 1.39 bits per heavy atom. The van der Waals surface area contributed by atoms with E-state index in [0.29, 0.717) is 12.1 Å². The maximum Gasteiger partial charge on any atom is 0.407 e. The van der Waals surface area contributed by atoms with E-state index in [1.165, 1.54) is 4.90 Å². The lowest BCUT2D eigenvalue weighted by molar-refractivity contribution is 0.104. The zero-order chi connectivity index (χ0) is 12.5. The molecule has 1 aliphatic heterocycles. The Bertz CT molecular complexity index is 578. The summed E-state index contributed by atoms with van der Waals surface area (Å²) in [6, 6.07) is 7.39. The highest BCUT2D eigenvalue weighted by atomic mass is 16.5.